The summed E-state index contributed by atoms with van der Waals surface area (Å²) in [5, 5.41) is 3.16. The van der Waals surface area contributed by atoms with Gasteiger partial charge in [0, 0.05) is 19.3 Å². The fourth-order valence-electron chi connectivity index (χ4n) is 0.970. The van der Waals surface area contributed by atoms with Gasteiger partial charge in [0.15, 0.2) is 0 Å². The third-order valence-electron chi connectivity index (χ3n) is 1.62. The second kappa shape index (κ2) is 5.37. The van der Waals surface area contributed by atoms with Crippen LogP contribution in [0.4, 0.5) is 11.4 Å². The van der Waals surface area contributed by atoms with Gasteiger partial charge in [0.2, 0.25) is 0 Å². The molecule has 3 N–H and O–H groups in total. The summed E-state index contributed by atoms with van der Waals surface area (Å²) < 4.78 is 5.18. The zero-order chi connectivity index (χ0) is 9.52. The Morgan fingerprint density at radius 1 is 1.62 bits per heavy atom. The van der Waals surface area contributed by atoms with Crippen molar-refractivity contribution in [1.29, 1.82) is 0 Å². The summed E-state index contributed by atoms with van der Waals surface area (Å²) in [5.74, 6) is 0. The highest BCUT2D eigenvalue weighted by atomic mass is 16.5. The molecule has 0 aliphatic rings. The molecule has 0 aromatic carbocycles. The lowest BCUT2D eigenvalue weighted by Gasteiger charge is -2.07. The van der Waals surface area contributed by atoms with Crippen molar-refractivity contribution in [2.45, 2.75) is 6.92 Å². The highest BCUT2D eigenvalue weighted by Gasteiger charge is 1.95. The fourth-order valence-corrected chi connectivity index (χ4v) is 0.970. The lowest BCUT2D eigenvalue weighted by molar-refractivity contribution is 0.158. The molecule has 4 nitrogen and oxygen atoms in total. The number of hydrogen-bond acceptors (Lipinski definition) is 4. The topological polar surface area (TPSA) is 60.2 Å². The van der Waals surface area contributed by atoms with Crippen molar-refractivity contribution in [2.24, 2.45) is 0 Å². The van der Waals surface area contributed by atoms with Gasteiger partial charge in [-0.15, -0.1) is 0 Å². The van der Waals surface area contributed by atoms with Crippen molar-refractivity contribution in [3.05, 3.63) is 18.5 Å². The van der Waals surface area contributed by atoms with Crippen LogP contribution in [0.25, 0.3) is 0 Å². The van der Waals surface area contributed by atoms with Crippen LogP contribution < -0.4 is 11.1 Å². The van der Waals surface area contributed by atoms with Crippen LogP contribution in [0.2, 0.25) is 0 Å². The molecule has 1 aromatic heterocycles. The van der Waals surface area contributed by atoms with E-state index in [9.17, 15) is 0 Å². The number of nitrogen functional groups attached to an aromatic ring is 1. The molecule has 0 unspecified atom stereocenters. The van der Waals surface area contributed by atoms with E-state index in [-0.39, 0.29) is 0 Å². The molecule has 1 aromatic rings. The Morgan fingerprint density at radius 3 is 3.15 bits per heavy atom. The molecule has 0 spiro atoms. The van der Waals surface area contributed by atoms with Crippen LogP contribution in [-0.2, 0) is 4.74 Å². The molecule has 1 rings (SSSR count). The average Bonchev–Trinajstić information content (AvgIpc) is 2.15. The van der Waals surface area contributed by atoms with Crippen LogP contribution in [0.5, 0.6) is 0 Å². The van der Waals surface area contributed by atoms with Gasteiger partial charge in [0.05, 0.1) is 24.2 Å². The van der Waals surface area contributed by atoms with Crippen molar-refractivity contribution < 1.29 is 4.74 Å². The number of nitrogens with two attached hydrogens (primary N) is 1. The van der Waals surface area contributed by atoms with Crippen LogP contribution in [0.1, 0.15) is 6.92 Å². The summed E-state index contributed by atoms with van der Waals surface area (Å²) in [6.07, 6.45) is 3.34. The van der Waals surface area contributed by atoms with Gasteiger partial charge in [0.1, 0.15) is 0 Å². The minimum absolute atomic E-state index is 0.666. The van der Waals surface area contributed by atoms with E-state index >= 15 is 0 Å². The molecule has 0 bridgehead atoms. The number of hydrogen-bond donors (Lipinski definition) is 2. The van der Waals surface area contributed by atoms with Crippen molar-refractivity contribution in [3.8, 4) is 0 Å². The summed E-state index contributed by atoms with van der Waals surface area (Å²) in [5.41, 5.74) is 7.25. The van der Waals surface area contributed by atoms with E-state index in [1.54, 1.807) is 12.4 Å². The maximum Gasteiger partial charge on any atom is 0.0736 e. The number of nitrogens with one attached hydrogen (secondary N) is 1. The first-order chi connectivity index (χ1) is 6.34. The molecule has 0 radical (unpaired) electrons. The molecule has 0 amide bonds. The molecular formula is C9H15N3O. The highest BCUT2D eigenvalue weighted by molar-refractivity contribution is 5.64. The predicted molar refractivity (Wildman–Crippen MR) is 53.6 cm³/mol. The molecule has 1 heterocycles. The van der Waals surface area contributed by atoms with Crippen molar-refractivity contribution in [1.82, 2.24) is 4.98 Å². The van der Waals surface area contributed by atoms with Crippen LogP contribution >= 0.6 is 0 Å². The number of pyridine rings is 1. The fraction of sp³-hybridized carbons (Fsp3) is 0.444. The maximum atomic E-state index is 5.67. The quantitative estimate of drug-likeness (QED) is 0.668. The van der Waals surface area contributed by atoms with E-state index in [1.165, 1.54) is 0 Å². The van der Waals surface area contributed by atoms with Gasteiger partial charge >= 0.3 is 0 Å². The first kappa shape index (κ1) is 9.80. The van der Waals surface area contributed by atoms with Crippen molar-refractivity contribution in [3.63, 3.8) is 0 Å². The standard InChI is InChI=1S/C9H15N3O/c1-2-13-6-5-12-9-3-4-11-7-8(9)10/h3-4,7H,2,5-6,10H2,1H3,(H,11,12). The molecule has 0 saturated heterocycles. The largest absolute Gasteiger partial charge is 0.396 e. The van der Waals surface area contributed by atoms with Gasteiger partial charge in [-0.1, -0.05) is 0 Å². The van der Waals surface area contributed by atoms with Crippen LogP contribution in [0.3, 0.4) is 0 Å². The highest BCUT2D eigenvalue weighted by Crippen LogP contribution is 2.14. The predicted octanol–water partition coefficient (Wildman–Crippen LogP) is 1.11. The Kier molecular flexibility index (Phi) is 4.05. The van der Waals surface area contributed by atoms with Crippen LogP contribution in [0, 0.1) is 0 Å². The summed E-state index contributed by atoms with van der Waals surface area (Å²) in [4.78, 5) is 3.89. The number of rotatable bonds is 5. The van der Waals surface area contributed by atoms with E-state index < -0.39 is 0 Å². The maximum absolute atomic E-state index is 5.67. The van der Waals surface area contributed by atoms with E-state index in [1.807, 2.05) is 13.0 Å². The normalized spacial score (nSPS) is 9.92. The Hall–Kier alpha value is -1.29. The lowest BCUT2D eigenvalue weighted by Crippen LogP contribution is -2.10. The van der Waals surface area contributed by atoms with Gasteiger partial charge in [-0.3, -0.25) is 4.98 Å². The third kappa shape index (κ3) is 3.29. The molecule has 0 atom stereocenters. The summed E-state index contributed by atoms with van der Waals surface area (Å²) in [7, 11) is 0. The minimum atomic E-state index is 0.666. The lowest BCUT2D eigenvalue weighted by atomic mass is 10.3. The van der Waals surface area contributed by atoms with E-state index in [4.69, 9.17) is 10.5 Å². The second-order valence-electron chi connectivity index (χ2n) is 2.59. The number of anilines is 2. The van der Waals surface area contributed by atoms with Crippen molar-refractivity contribution in [2.75, 3.05) is 30.8 Å². The van der Waals surface area contributed by atoms with Gasteiger partial charge in [-0.05, 0) is 13.0 Å². The Balaban J connectivity index is 2.32. The number of ether oxygens (including phenoxy) is 1. The molecule has 4 heteroatoms. The van der Waals surface area contributed by atoms with Crippen LogP contribution in [0.15, 0.2) is 18.5 Å². The van der Waals surface area contributed by atoms with E-state index in [2.05, 4.69) is 10.3 Å². The zero-order valence-corrected chi connectivity index (χ0v) is 7.79. The SMILES string of the molecule is CCOCCNc1ccncc1N. The van der Waals surface area contributed by atoms with E-state index in [0.29, 0.717) is 12.3 Å². The third-order valence-corrected chi connectivity index (χ3v) is 1.62. The molecule has 72 valence electrons. The van der Waals surface area contributed by atoms with Crippen LogP contribution in [-0.4, -0.2) is 24.7 Å². The zero-order valence-electron chi connectivity index (χ0n) is 7.79. The summed E-state index contributed by atoms with van der Waals surface area (Å²) in [6, 6.07) is 1.85. The number of nitrogens with zero attached hydrogens (tertiary/aromatic N) is 1. The molecule has 0 aliphatic heterocycles. The molecular weight excluding hydrogens is 166 g/mol. The average molecular weight is 181 g/mol. The molecule has 0 aliphatic carbocycles. The van der Waals surface area contributed by atoms with Gasteiger partial charge in [-0.25, -0.2) is 0 Å². The molecule has 0 fully saturated rings. The van der Waals surface area contributed by atoms with E-state index in [0.717, 1.165) is 18.8 Å². The number of aromatic nitrogens is 1. The second-order valence-corrected chi connectivity index (χ2v) is 2.59. The monoisotopic (exact) mass is 181 g/mol. The Morgan fingerprint density at radius 2 is 2.46 bits per heavy atom. The Labute approximate surface area is 78.1 Å². The first-order valence-electron chi connectivity index (χ1n) is 4.35. The van der Waals surface area contributed by atoms with Gasteiger partial charge < -0.3 is 15.8 Å². The smallest absolute Gasteiger partial charge is 0.0736 e. The first-order valence-corrected chi connectivity index (χ1v) is 4.35. The van der Waals surface area contributed by atoms with Gasteiger partial charge in [0.25, 0.3) is 0 Å². The molecule has 0 saturated carbocycles. The van der Waals surface area contributed by atoms with Crippen molar-refractivity contribution >= 4 is 11.4 Å². The summed E-state index contributed by atoms with van der Waals surface area (Å²) in [6.45, 7) is 4.18. The minimum Gasteiger partial charge on any atom is -0.396 e. The molecule has 13 heavy (non-hydrogen) atoms. The Bertz CT molecular complexity index is 252. The van der Waals surface area contributed by atoms with Gasteiger partial charge in [-0.2, -0.15) is 0 Å². The summed E-state index contributed by atoms with van der Waals surface area (Å²) >= 11 is 0.